The van der Waals surface area contributed by atoms with Crippen LogP contribution in [0.1, 0.15) is 31.7 Å². The van der Waals surface area contributed by atoms with Crippen molar-refractivity contribution in [2.24, 2.45) is 5.73 Å². The Morgan fingerprint density at radius 1 is 1.31 bits per heavy atom. The maximum absolute atomic E-state index is 5.86. The van der Waals surface area contributed by atoms with Gasteiger partial charge in [-0.2, -0.15) is 0 Å². The number of aryl methyl sites for hydroxylation is 1. The summed E-state index contributed by atoms with van der Waals surface area (Å²) >= 11 is 0. The molecule has 2 heteroatoms. The highest BCUT2D eigenvalue weighted by molar-refractivity contribution is 5.53. The van der Waals surface area contributed by atoms with Gasteiger partial charge in [0.2, 0.25) is 0 Å². The quantitative estimate of drug-likeness (QED) is 0.798. The van der Waals surface area contributed by atoms with Gasteiger partial charge in [0, 0.05) is 25.3 Å². The van der Waals surface area contributed by atoms with E-state index in [0.29, 0.717) is 6.04 Å². The van der Waals surface area contributed by atoms with Crippen molar-refractivity contribution in [3.63, 3.8) is 0 Å². The lowest BCUT2D eigenvalue weighted by molar-refractivity contribution is 0.557. The standard InChI is InChI=1S/C14H24N2/c1-4-5-9-13(11-15)16(3)14-10-7-6-8-12(14)2/h6-8,10,13H,4-5,9,11,15H2,1-3H3. The molecule has 0 saturated heterocycles. The zero-order valence-corrected chi connectivity index (χ0v) is 10.7. The first-order valence-corrected chi connectivity index (χ1v) is 6.19. The number of rotatable bonds is 6. The minimum atomic E-state index is 0.459. The first kappa shape index (κ1) is 13.0. The Hall–Kier alpha value is -1.02. The van der Waals surface area contributed by atoms with Crippen LogP contribution in [0.3, 0.4) is 0 Å². The molecule has 2 N–H and O–H groups in total. The molecule has 0 radical (unpaired) electrons. The van der Waals surface area contributed by atoms with Crippen molar-refractivity contribution in [1.82, 2.24) is 0 Å². The molecular weight excluding hydrogens is 196 g/mol. The van der Waals surface area contributed by atoms with Gasteiger partial charge in [0.15, 0.2) is 0 Å². The summed E-state index contributed by atoms with van der Waals surface area (Å²) in [5.74, 6) is 0. The van der Waals surface area contributed by atoms with Crippen molar-refractivity contribution in [2.45, 2.75) is 39.2 Å². The van der Waals surface area contributed by atoms with Crippen LogP contribution in [-0.4, -0.2) is 19.6 Å². The Morgan fingerprint density at radius 3 is 2.56 bits per heavy atom. The third kappa shape index (κ3) is 3.24. The Bertz CT molecular complexity index is 309. The van der Waals surface area contributed by atoms with Gasteiger partial charge in [-0.25, -0.2) is 0 Å². The largest absolute Gasteiger partial charge is 0.370 e. The van der Waals surface area contributed by atoms with Crippen molar-refractivity contribution in [3.05, 3.63) is 29.8 Å². The highest BCUT2D eigenvalue weighted by Crippen LogP contribution is 2.21. The Balaban J connectivity index is 2.74. The van der Waals surface area contributed by atoms with E-state index in [1.165, 1.54) is 30.5 Å². The number of hydrogen-bond donors (Lipinski definition) is 1. The molecule has 90 valence electrons. The molecule has 0 aromatic heterocycles. The first-order chi connectivity index (χ1) is 7.70. The maximum atomic E-state index is 5.86. The Morgan fingerprint density at radius 2 is 2.00 bits per heavy atom. The average molecular weight is 220 g/mol. The van der Waals surface area contributed by atoms with Gasteiger partial charge in [-0.1, -0.05) is 38.0 Å². The first-order valence-electron chi connectivity index (χ1n) is 6.19. The second-order valence-electron chi connectivity index (χ2n) is 4.43. The fourth-order valence-corrected chi connectivity index (χ4v) is 2.07. The van der Waals surface area contributed by atoms with E-state index in [9.17, 15) is 0 Å². The molecule has 0 aliphatic rings. The monoisotopic (exact) mass is 220 g/mol. The van der Waals surface area contributed by atoms with E-state index in [-0.39, 0.29) is 0 Å². The Kier molecular flexibility index (Phi) is 5.33. The van der Waals surface area contributed by atoms with Crippen LogP contribution in [0, 0.1) is 6.92 Å². The number of anilines is 1. The summed E-state index contributed by atoms with van der Waals surface area (Å²) in [6, 6.07) is 8.95. The molecule has 0 saturated carbocycles. The van der Waals surface area contributed by atoms with Crippen LogP contribution in [0.25, 0.3) is 0 Å². The van der Waals surface area contributed by atoms with Gasteiger partial charge >= 0.3 is 0 Å². The molecular formula is C14H24N2. The van der Waals surface area contributed by atoms with Gasteiger partial charge < -0.3 is 10.6 Å². The number of para-hydroxylation sites is 1. The van der Waals surface area contributed by atoms with Crippen molar-refractivity contribution >= 4 is 5.69 Å². The summed E-state index contributed by atoms with van der Waals surface area (Å²) in [6.45, 7) is 5.10. The van der Waals surface area contributed by atoms with Crippen molar-refractivity contribution in [2.75, 3.05) is 18.5 Å². The second kappa shape index (κ2) is 6.54. The smallest absolute Gasteiger partial charge is 0.0409 e. The molecule has 0 aliphatic carbocycles. The zero-order valence-electron chi connectivity index (χ0n) is 10.7. The molecule has 0 spiro atoms. The molecule has 1 atom stereocenters. The number of nitrogens with two attached hydrogens (primary N) is 1. The number of unbranched alkanes of at least 4 members (excludes halogenated alkanes) is 1. The summed E-state index contributed by atoms with van der Waals surface area (Å²) in [6.07, 6.45) is 3.66. The van der Waals surface area contributed by atoms with Gasteiger partial charge in [-0.15, -0.1) is 0 Å². The predicted octanol–water partition coefficient (Wildman–Crippen LogP) is 2.95. The van der Waals surface area contributed by atoms with Gasteiger partial charge in [-0.05, 0) is 25.0 Å². The molecule has 1 unspecified atom stereocenters. The highest BCUT2D eigenvalue weighted by atomic mass is 15.1. The molecule has 16 heavy (non-hydrogen) atoms. The van der Waals surface area contributed by atoms with E-state index in [2.05, 4.69) is 50.1 Å². The van der Waals surface area contributed by atoms with E-state index >= 15 is 0 Å². The molecule has 1 rings (SSSR count). The second-order valence-corrected chi connectivity index (χ2v) is 4.43. The molecule has 0 amide bonds. The van der Waals surface area contributed by atoms with Crippen LogP contribution in [0.4, 0.5) is 5.69 Å². The maximum Gasteiger partial charge on any atom is 0.0409 e. The lowest BCUT2D eigenvalue weighted by Gasteiger charge is -2.30. The number of likely N-dealkylation sites (N-methyl/N-ethyl adjacent to an activating group) is 1. The molecule has 0 heterocycles. The molecule has 0 fully saturated rings. The van der Waals surface area contributed by atoms with Crippen molar-refractivity contribution in [1.29, 1.82) is 0 Å². The van der Waals surface area contributed by atoms with Crippen LogP contribution in [0.15, 0.2) is 24.3 Å². The fourth-order valence-electron chi connectivity index (χ4n) is 2.07. The van der Waals surface area contributed by atoms with E-state index in [0.717, 1.165) is 6.54 Å². The molecule has 2 nitrogen and oxygen atoms in total. The topological polar surface area (TPSA) is 29.3 Å². The number of nitrogens with zero attached hydrogens (tertiary/aromatic N) is 1. The number of benzene rings is 1. The third-order valence-corrected chi connectivity index (χ3v) is 3.21. The van der Waals surface area contributed by atoms with E-state index in [4.69, 9.17) is 5.73 Å². The van der Waals surface area contributed by atoms with Crippen LogP contribution in [0.2, 0.25) is 0 Å². The van der Waals surface area contributed by atoms with E-state index in [1.807, 2.05) is 0 Å². The fraction of sp³-hybridized carbons (Fsp3) is 0.571. The summed E-state index contributed by atoms with van der Waals surface area (Å²) < 4.78 is 0. The molecule has 0 aliphatic heterocycles. The third-order valence-electron chi connectivity index (χ3n) is 3.21. The summed E-state index contributed by atoms with van der Waals surface area (Å²) in [4.78, 5) is 2.32. The zero-order chi connectivity index (χ0) is 12.0. The molecule has 1 aromatic rings. The number of hydrogen-bond acceptors (Lipinski definition) is 2. The van der Waals surface area contributed by atoms with Gasteiger partial charge in [0.1, 0.15) is 0 Å². The minimum Gasteiger partial charge on any atom is -0.370 e. The summed E-state index contributed by atoms with van der Waals surface area (Å²) in [7, 11) is 2.15. The SMILES string of the molecule is CCCCC(CN)N(C)c1ccccc1C. The summed E-state index contributed by atoms with van der Waals surface area (Å²) in [5.41, 5.74) is 8.48. The minimum absolute atomic E-state index is 0.459. The summed E-state index contributed by atoms with van der Waals surface area (Å²) in [5, 5.41) is 0. The molecule has 1 aromatic carbocycles. The normalized spacial score (nSPS) is 12.5. The Labute approximate surface area is 99.5 Å². The molecule has 0 bridgehead atoms. The highest BCUT2D eigenvalue weighted by Gasteiger charge is 2.14. The van der Waals surface area contributed by atoms with Crippen LogP contribution < -0.4 is 10.6 Å². The lowest BCUT2D eigenvalue weighted by atomic mass is 10.1. The van der Waals surface area contributed by atoms with Gasteiger partial charge in [0.25, 0.3) is 0 Å². The van der Waals surface area contributed by atoms with Gasteiger partial charge in [-0.3, -0.25) is 0 Å². The van der Waals surface area contributed by atoms with E-state index in [1.54, 1.807) is 0 Å². The van der Waals surface area contributed by atoms with Crippen LogP contribution in [-0.2, 0) is 0 Å². The predicted molar refractivity (Wildman–Crippen MR) is 71.9 cm³/mol. The lowest BCUT2D eigenvalue weighted by Crippen LogP contribution is -2.38. The van der Waals surface area contributed by atoms with Crippen molar-refractivity contribution in [3.8, 4) is 0 Å². The van der Waals surface area contributed by atoms with Gasteiger partial charge in [0.05, 0.1) is 0 Å². The van der Waals surface area contributed by atoms with Crippen LogP contribution >= 0.6 is 0 Å². The van der Waals surface area contributed by atoms with E-state index < -0.39 is 0 Å². The van der Waals surface area contributed by atoms with Crippen LogP contribution in [0.5, 0.6) is 0 Å². The average Bonchev–Trinajstić information content (AvgIpc) is 2.30. The van der Waals surface area contributed by atoms with Crippen molar-refractivity contribution < 1.29 is 0 Å².